The van der Waals surface area contributed by atoms with Crippen molar-refractivity contribution in [1.29, 1.82) is 0 Å². The molecule has 0 spiro atoms. The minimum Gasteiger partial charge on any atom is -0.314 e. The smallest absolute Gasteiger partial charge is 0.0121 e. The number of hydrogen-bond donors (Lipinski definition) is 1. The average molecular weight is 252 g/mol. The largest absolute Gasteiger partial charge is 0.314 e. The van der Waals surface area contributed by atoms with Crippen LogP contribution in [-0.2, 0) is 0 Å². The number of nitrogens with one attached hydrogen (secondary N) is 1. The predicted octanol–water partition coefficient (Wildman–Crippen LogP) is 3.42. The lowest BCUT2D eigenvalue weighted by Gasteiger charge is -2.43. The Morgan fingerprint density at radius 2 is 1.67 bits per heavy atom. The molecule has 2 atom stereocenters. The Labute approximate surface area is 114 Å². The van der Waals surface area contributed by atoms with Gasteiger partial charge in [-0.3, -0.25) is 0 Å². The molecule has 2 aliphatic rings. The van der Waals surface area contributed by atoms with Crippen LogP contribution in [0.2, 0.25) is 0 Å². The number of nitrogens with zero attached hydrogens (tertiary/aromatic N) is 1. The van der Waals surface area contributed by atoms with Crippen molar-refractivity contribution >= 4 is 0 Å². The first-order valence-electron chi connectivity index (χ1n) is 8.17. The highest BCUT2D eigenvalue weighted by atomic mass is 15.2. The lowest BCUT2D eigenvalue weighted by atomic mass is 9.82. The van der Waals surface area contributed by atoms with Crippen LogP contribution in [-0.4, -0.2) is 36.6 Å². The standard InChI is InChI=1S/C16H32N2/c1-4-17-14-9-11-15(12-10-14)18(3)16-8-6-5-7-13(16)2/h13-17H,4-12H2,1-3H3. The highest BCUT2D eigenvalue weighted by Gasteiger charge is 2.31. The van der Waals surface area contributed by atoms with Gasteiger partial charge in [-0.15, -0.1) is 0 Å². The van der Waals surface area contributed by atoms with Crippen molar-refractivity contribution in [3.63, 3.8) is 0 Å². The lowest BCUT2D eigenvalue weighted by Crippen LogP contribution is -2.48. The summed E-state index contributed by atoms with van der Waals surface area (Å²) in [6, 6.07) is 2.51. The molecule has 2 rings (SSSR count). The molecule has 0 bridgehead atoms. The monoisotopic (exact) mass is 252 g/mol. The van der Waals surface area contributed by atoms with Gasteiger partial charge in [0.25, 0.3) is 0 Å². The van der Waals surface area contributed by atoms with Gasteiger partial charge in [0, 0.05) is 18.1 Å². The molecular weight excluding hydrogens is 220 g/mol. The molecule has 0 saturated heterocycles. The van der Waals surface area contributed by atoms with Crippen LogP contribution in [0.15, 0.2) is 0 Å². The molecule has 1 N–H and O–H groups in total. The summed E-state index contributed by atoms with van der Waals surface area (Å²) in [6.07, 6.45) is 11.3. The second kappa shape index (κ2) is 6.91. The Bertz CT molecular complexity index is 233. The van der Waals surface area contributed by atoms with Gasteiger partial charge in [-0.05, 0) is 58.0 Å². The summed E-state index contributed by atoms with van der Waals surface area (Å²) in [4.78, 5) is 2.74. The van der Waals surface area contributed by atoms with Crippen molar-refractivity contribution in [3.05, 3.63) is 0 Å². The minimum atomic E-state index is 0.795. The Morgan fingerprint density at radius 1 is 1.00 bits per heavy atom. The van der Waals surface area contributed by atoms with Crippen LogP contribution < -0.4 is 5.32 Å². The van der Waals surface area contributed by atoms with E-state index in [0.29, 0.717) is 0 Å². The van der Waals surface area contributed by atoms with Crippen LogP contribution in [0.5, 0.6) is 0 Å². The molecule has 0 aromatic heterocycles. The van der Waals surface area contributed by atoms with Crippen LogP contribution >= 0.6 is 0 Å². The van der Waals surface area contributed by atoms with Gasteiger partial charge >= 0.3 is 0 Å². The van der Waals surface area contributed by atoms with Crippen molar-refractivity contribution in [1.82, 2.24) is 10.2 Å². The third-order valence-corrected chi connectivity index (χ3v) is 5.35. The molecular formula is C16H32N2. The molecule has 18 heavy (non-hydrogen) atoms. The molecule has 0 heterocycles. The van der Waals surface area contributed by atoms with Gasteiger partial charge in [0.2, 0.25) is 0 Å². The highest BCUT2D eigenvalue weighted by Crippen LogP contribution is 2.32. The first-order chi connectivity index (χ1) is 8.72. The van der Waals surface area contributed by atoms with Crippen molar-refractivity contribution in [2.24, 2.45) is 5.92 Å². The number of hydrogen-bond acceptors (Lipinski definition) is 2. The Hall–Kier alpha value is -0.0800. The van der Waals surface area contributed by atoms with Crippen LogP contribution in [0.25, 0.3) is 0 Å². The van der Waals surface area contributed by atoms with Gasteiger partial charge in [0.05, 0.1) is 0 Å². The fourth-order valence-electron chi connectivity index (χ4n) is 4.15. The first-order valence-corrected chi connectivity index (χ1v) is 8.17. The predicted molar refractivity (Wildman–Crippen MR) is 78.9 cm³/mol. The van der Waals surface area contributed by atoms with Gasteiger partial charge in [-0.25, -0.2) is 0 Å². The van der Waals surface area contributed by atoms with Gasteiger partial charge in [-0.1, -0.05) is 26.7 Å². The van der Waals surface area contributed by atoms with E-state index < -0.39 is 0 Å². The zero-order valence-corrected chi connectivity index (χ0v) is 12.6. The summed E-state index contributed by atoms with van der Waals surface area (Å²) in [5.41, 5.74) is 0. The van der Waals surface area contributed by atoms with E-state index in [1.165, 1.54) is 51.4 Å². The summed E-state index contributed by atoms with van der Waals surface area (Å²) in [6.45, 7) is 5.82. The van der Waals surface area contributed by atoms with Crippen molar-refractivity contribution < 1.29 is 0 Å². The SMILES string of the molecule is CCNC1CCC(N(C)C2CCCCC2C)CC1. The molecule has 0 aromatic carbocycles. The molecule has 0 aromatic rings. The highest BCUT2D eigenvalue weighted by molar-refractivity contribution is 4.87. The molecule has 2 fully saturated rings. The van der Waals surface area contributed by atoms with Crippen molar-refractivity contribution in [2.75, 3.05) is 13.6 Å². The van der Waals surface area contributed by atoms with E-state index in [4.69, 9.17) is 0 Å². The van der Waals surface area contributed by atoms with E-state index in [9.17, 15) is 0 Å². The quantitative estimate of drug-likeness (QED) is 0.825. The summed E-state index contributed by atoms with van der Waals surface area (Å²) in [5, 5.41) is 3.61. The summed E-state index contributed by atoms with van der Waals surface area (Å²) in [7, 11) is 2.39. The topological polar surface area (TPSA) is 15.3 Å². The molecule has 0 aliphatic heterocycles. The lowest BCUT2D eigenvalue weighted by molar-refractivity contribution is 0.0722. The molecule has 0 amide bonds. The molecule has 106 valence electrons. The van der Waals surface area contributed by atoms with E-state index in [2.05, 4.69) is 31.1 Å². The zero-order valence-electron chi connectivity index (χ0n) is 12.6. The molecule has 2 nitrogen and oxygen atoms in total. The third kappa shape index (κ3) is 3.48. The Balaban J connectivity index is 1.81. The van der Waals surface area contributed by atoms with Crippen LogP contribution in [0, 0.1) is 5.92 Å². The van der Waals surface area contributed by atoms with E-state index >= 15 is 0 Å². The van der Waals surface area contributed by atoms with Crippen LogP contribution in [0.3, 0.4) is 0 Å². The molecule has 2 aliphatic carbocycles. The Kier molecular flexibility index (Phi) is 5.50. The molecule has 2 unspecified atom stereocenters. The summed E-state index contributed by atoms with van der Waals surface area (Å²) in [5.74, 6) is 0.912. The van der Waals surface area contributed by atoms with E-state index in [0.717, 1.165) is 30.6 Å². The molecule has 0 radical (unpaired) electrons. The fraction of sp³-hybridized carbons (Fsp3) is 1.00. The van der Waals surface area contributed by atoms with Gasteiger partial charge in [0.1, 0.15) is 0 Å². The van der Waals surface area contributed by atoms with E-state index in [1.807, 2.05) is 0 Å². The minimum absolute atomic E-state index is 0.795. The van der Waals surface area contributed by atoms with Gasteiger partial charge in [-0.2, -0.15) is 0 Å². The zero-order chi connectivity index (χ0) is 13.0. The summed E-state index contributed by atoms with van der Waals surface area (Å²) < 4.78 is 0. The van der Waals surface area contributed by atoms with E-state index in [-0.39, 0.29) is 0 Å². The maximum absolute atomic E-state index is 3.61. The molecule has 2 saturated carbocycles. The van der Waals surface area contributed by atoms with Crippen LogP contribution in [0.4, 0.5) is 0 Å². The van der Waals surface area contributed by atoms with Gasteiger partial charge in [0.15, 0.2) is 0 Å². The average Bonchev–Trinajstić information content (AvgIpc) is 2.40. The van der Waals surface area contributed by atoms with Crippen molar-refractivity contribution in [2.45, 2.75) is 83.3 Å². The second-order valence-electron chi connectivity index (χ2n) is 6.56. The second-order valence-corrected chi connectivity index (χ2v) is 6.56. The van der Waals surface area contributed by atoms with Gasteiger partial charge < -0.3 is 10.2 Å². The van der Waals surface area contributed by atoms with Crippen LogP contribution in [0.1, 0.15) is 65.2 Å². The first kappa shape index (κ1) is 14.3. The maximum Gasteiger partial charge on any atom is 0.0121 e. The van der Waals surface area contributed by atoms with E-state index in [1.54, 1.807) is 0 Å². The Morgan fingerprint density at radius 3 is 2.28 bits per heavy atom. The fourth-order valence-corrected chi connectivity index (χ4v) is 4.15. The maximum atomic E-state index is 3.61. The molecule has 2 heteroatoms. The number of rotatable bonds is 4. The normalized spacial score (nSPS) is 38.0. The summed E-state index contributed by atoms with van der Waals surface area (Å²) >= 11 is 0. The third-order valence-electron chi connectivity index (χ3n) is 5.35. The van der Waals surface area contributed by atoms with Crippen molar-refractivity contribution in [3.8, 4) is 0 Å².